The lowest BCUT2D eigenvalue weighted by Crippen LogP contribution is -1.95. The average Bonchev–Trinajstić information content (AvgIpc) is 2.38. The predicted molar refractivity (Wildman–Crippen MR) is 73.3 cm³/mol. The summed E-state index contributed by atoms with van der Waals surface area (Å²) in [6.45, 7) is 2.22. The lowest BCUT2D eigenvalue weighted by atomic mass is 10.1. The molecule has 17 heavy (non-hydrogen) atoms. The van der Waals surface area contributed by atoms with Crippen molar-refractivity contribution in [1.29, 1.82) is 0 Å². The van der Waals surface area contributed by atoms with Gasteiger partial charge in [-0.05, 0) is 12.8 Å². The molecular formula is C16H22O. The molecule has 0 aromatic heterocycles. The number of allylic oxidation sites excluding steroid dienone is 2. The summed E-state index contributed by atoms with van der Waals surface area (Å²) in [6.07, 6.45) is 10.9. The lowest BCUT2D eigenvalue weighted by molar-refractivity contribution is 0.0996. The maximum absolute atomic E-state index is 11.7. The molecule has 1 aromatic rings. The van der Waals surface area contributed by atoms with E-state index in [9.17, 15) is 4.79 Å². The number of rotatable bonds is 8. The Bertz CT molecular complexity index is 338. The highest BCUT2D eigenvalue weighted by Crippen LogP contribution is 2.06. The molecule has 0 aliphatic heterocycles. The molecule has 0 amide bonds. The van der Waals surface area contributed by atoms with Gasteiger partial charge in [-0.15, -0.1) is 0 Å². The summed E-state index contributed by atoms with van der Waals surface area (Å²) in [5.41, 5.74) is 0.808. The van der Waals surface area contributed by atoms with Crippen LogP contribution < -0.4 is 0 Å². The number of benzene rings is 1. The molecule has 0 radical (unpaired) electrons. The van der Waals surface area contributed by atoms with Crippen molar-refractivity contribution >= 4 is 5.78 Å². The van der Waals surface area contributed by atoms with Gasteiger partial charge in [0.15, 0.2) is 5.78 Å². The first kappa shape index (κ1) is 13.7. The minimum Gasteiger partial charge on any atom is -0.294 e. The normalized spacial score (nSPS) is 10.9. The second kappa shape index (κ2) is 8.74. The van der Waals surface area contributed by atoms with E-state index >= 15 is 0 Å². The number of carbonyl (C=O) groups excluding carboxylic acids is 1. The van der Waals surface area contributed by atoms with Crippen LogP contribution in [0.1, 0.15) is 55.8 Å². The van der Waals surface area contributed by atoms with Gasteiger partial charge in [0.1, 0.15) is 0 Å². The van der Waals surface area contributed by atoms with E-state index in [2.05, 4.69) is 13.0 Å². The zero-order valence-electron chi connectivity index (χ0n) is 10.7. The number of hydrogen-bond donors (Lipinski definition) is 0. The molecule has 0 heterocycles. The van der Waals surface area contributed by atoms with Gasteiger partial charge in [-0.25, -0.2) is 0 Å². The zero-order chi connectivity index (χ0) is 12.3. The van der Waals surface area contributed by atoms with Gasteiger partial charge in [-0.1, -0.05) is 68.7 Å². The van der Waals surface area contributed by atoms with Gasteiger partial charge < -0.3 is 0 Å². The van der Waals surface area contributed by atoms with Gasteiger partial charge in [0.25, 0.3) is 0 Å². The Balaban J connectivity index is 2.18. The molecular weight excluding hydrogens is 208 g/mol. The summed E-state index contributed by atoms with van der Waals surface area (Å²) >= 11 is 0. The first-order valence-corrected chi connectivity index (χ1v) is 6.58. The van der Waals surface area contributed by atoms with Crippen LogP contribution in [0.4, 0.5) is 0 Å². The first-order valence-electron chi connectivity index (χ1n) is 6.58. The molecule has 0 unspecified atom stereocenters. The van der Waals surface area contributed by atoms with Crippen molar-refractivity contribution in [3.05, 3.63) is 48.0 Å². The van der Waals surface area contributed by atoms with E-state index in [0.717, 1.165) is 12.0 Å². The van der Waals surface area contributed by atoms with Crippen LogP contribution >= 0.6 is 0 Å². The van der Waals surface area contributed by atoms with Crippen LogP contribution in [0, 0.1) is 0 Å². The van der Waals surface area contributed by atoms with Gasteiger partial charge in [-0.3, -0.25) is 4.79 Å². The highest BCUT2D eigenvalue weighted by molar-refractivity contribution is 5.96. The number of unbranched alkanes of at least 4 members (excludes halogenated alkanes) is 4. The van der Waals surface area contributed by atoms with Crippen LogP contribution in [0.25, 0.3) is 0 Å². The minimum atomic E-state index is 0.204. The van der Waals surface area contributed by atoms with E-state index in [0.29, 0.717) is 6.42 Å². The van der Waals surface area contributed by atoms with Crippen molar-refractivity contribution < 1.29 is 4.79 Å². The van der Waals surface area contributed by atoms with Crippen LogP contribution in [-0.4, -0.2) is 5.78 Å². The third kappa shape index (κ3) is 6.06. The molecule has 0 bridgehead atoms. The van der Waals surface area contributed by atoms with E-state index in [4.69, 9.17) is 0 Å². The van der Waals surface area contributed by atoms with Crippen LogP contribution in [0.5, 0.6) is 0 Å². The molecule has 0 saturated heterocycles. The van der Waals surface area contributed by atoms with E-state index in [-0.39, 0.29) is 5.78 Å². The number of ketones is 1. The molecule has 0 saturated carbocycles. The second-order valence-electron chi connectivity index (χ2n) is 4.31. The number of carbonyl (C=O) groups is 1. The average molecular weight is 230 g/mol. The Morgan fingerprint density at radius 1 is 1.06 bits per heavy atom. The smallest absolute Gasteiger partial charge is 0.166 e. The van der Waals surface area contributed by atoms with Gasteiger partial charge >= 0.3 is 0 Å². The van der Waals surface area contributed by atoms with E-state index < -0.39 is 0 Å². The molecule has 0 atom stereocenters. The van der Waals surface area contributed by atoms with E-state index in [1.165, 1.54) is 25.7 Å². The Labute approximate surface area is 105 Å². The molecule has 0 aliphatic rings. The molecule has 1 nitrogen and oxygen atoms in total. The Hall–Kier alpha value is -1.37. The summed E-state index contributed by atoms with van der Waals surface area (Å²) in [5, 5.41) is 0. The SMILES string of the molecule is CCCCCCC=CCC(=O)c1ccccc1. The van der Waals surface area contributed by atoms with Crippen LogP contribution in [0.3, 0.4) is 0 Å². The molecule has 92 valence electrons. The predicted octanol–water partition coefficient (Wildman–Crippen LogP) is 4.79. The summed E-state index contributed by atoms with van der Waals surface area (Å²) in [7, 11) is 0. The molecule has 1 aromatic carbocycles. The van der Waals surface area contributed by atoms with Crippen molar-refractivity contribution in [2.45, 2.75) is 45.4 Å². The quantitative estimate of drug-likeness (QED) is 0.356. The van der Waals surface area contributed by atoms with Crippen molar-refractivity contribution in [2.24, 2.45) is 0 Å². The summed E-state index contributed by atoms with van der Waals surface area (Å²) in [4.78, 5) is 11.7. The molecule has 0 fully saturated rings. The maximum Gasteiger partial charge on any atom is 0.166 e. The third-order valence-corrected chi connectivity index (χ3v) is 2.79. The monoisotopic (exact) mass is 230 g/mol. The summed E-state index contributed by atoms with van der Waals surface area (Å²) in [6, 6.07) is 9.48. The molecule has 1 rings (SSSR count). The molecule has 1 heteroatoms. The maximum atomic E-state index is 11.7. The van der Waals surface area contributed by atoms with Gasteiger partial charge in [0.05, 0.1) is 0 Å². The topological polar surface area (TPSA) is 17.1 Å². The molecule has 0 aliphatic carbocycles. The zero-order valence-corrected chi connectivity index (χ0v) is 10.7. The highest BCUT2D eigenvalue weighted by Gasteiger charge is 2.00. The van der Waals surface area contributed by atoms with Crippen molar-refractivity contribution in [1.82, 2.24) is 0 Å². The standard InChI is InChI=1S/C16H22O/c1-2-3-4-5-6-7-11-14-16(17)15-12-9-8-10-13-15/h7-13H,2-6,14H2,1H3. The summed E-state index contributed by atoms with van der Waals surface area (Å²) < 4.78 is 0. The molecule has 0 N–H and O–H groups in total. The Morgan fingerprint density at radius 2 is 1.82 bits per heavy atom. The lowest BCUT2D eigenvalue weighted by Gasteiger charge is -1.96. The number of hydrogen-bond acceptors (Lipinski definition) is 1. The van der Waals surface area contributed by atoms with E-state index in [1.807, 2.05) is 36.4 Å². The van der Waals surface area contributed by atoms with Gasteiger partial charge in [-0.2, -0.15) is 0 Å². The summed E-state index contributed by atoms with van der Waals surface area (Å²) in [5.74, 6) is 0.204. The van der Waals surface area contributed by atoms with Crippen molar-refractivity contribution in [3.63, 3.8) is 0 Å². The van der Waals surface area contributed by atoms with Crippen molar-refractivity contribution in [3.8, 4) is 0 Å². The number of Topliss-reactive ketones (excluding diaryl/α,β-unsaturated/α-hetero) is 1. The van der Waals surface area contributed by atoms with Crippen molar-refractivity contribution in [2.75, 3.05) is 0 Å². The van der Waals surface area contributed by atoms with Crippen LogP contribution in [-0.2, 0) is 0 Å². The first-order chi connectivity index (χ1) is 8.34. The van der Waals surface area contributed by atoms with Crippen LogP contribution in [0.15, 0.2) is 42.5 Å². The molecule has 0 spiro atoms. The fourth-order valence-electron chi connectivity index (χ4n) is 1.74. The largest absolute Gasteiger partial charge is 0.294 e. The Morgan fingerprint density at radius 3 is 2.53 bits per heavy atom. The van der Waals surface area contributed by atoms with Gasteiger partial charge in [0, 0.05) is 12.0 Å². The Kier molecular flexibility index (Phi) is 7.04. The fraction of sp³-hybridized carbons (Fsp3) is 0.438. The van der Waals surface area contributed by atoms with Gasteiger partial charge in [0.2, 0.25) is 0 Å². The fourth-order valence-corrected chi connectivity index (χ4v) is 1.74. The third-order valence-electron chi connectivity index (χ3n) is 2.79. The van der Waals surface area contributed by atoms with E-state index in [1.54, 1.807) is 0 Å². The minimum absolute atomic E-state index is 0.204. The van der Waals surface area contributed by atoms with Crippen LogP contribution in [0.2, 0.25) is 0 Å². The second-order valence-corrected chi connectivity index (χ2v) is 4.31. The highest BCUT2D eigenvalue weighted by atomic mass is 16.1.